The molecule has 2 aromatic rings. The smallest absolute Gasteiger partial charge is 0.215 e. The van der Waals surface area contributed by atoms with Gasteiger partial charge < -0.3 is 4.74 Å². The number of carbonyl (C=O) groups excluding carboxylic acids is 1. The lowest BCUT2D eigenvalue weighted by Gasteiger charge is -2.08. The molecule has 1 aromatic carbocycles. The molecule has 0 radical (unpaired) electrons. The van der Waals surface area contributed by atoms with Crippen molar-refractivity contribution in [3.8, 4) is 5.75 Å². The van der Waals surface area contributed by atoms with E-state index >= 15 is 0 Å². The molecule has 0 aliphatic carbocycles. The Morgan fingerprint density at radius 3 is 2.83 bits per heavy atom. The van der Waals surface area contributed by atoms with E-state index in [2.05, 4.69) is 27.7 Å². The summed E-state index contributed by atoms with van der Waals surface area (Å²) in [4.78, 5) is 12.5. The second-order valence-electron chi connectivity index (χ2n) is 3.95. The maximum Gasteiger partial charge on any atom is 0.215 e. The summed E-state index contributed by atoms with van der Waals surface area (Å²) >= 11 is 2.19. The van der Waals surface area contributed by atoms with Crippen LogP contribution in [0.3, 0.4) is 0 Å². The van der Waals surface area contributed by atoms with Gasteiger partial charge in [-0.15, -0.1) is 0 Å². The van der Waals surface area contributed by atoms with Crippen molar-refractivity contribution >= 4 is 28.4 Å². The van der Waals surface area contributed by atoms with E-state index in [0.29, 0.717) is 17.0 Å². The van der Waals surface area contributed by atoms with Gasteiger partial charge in [0.25, 0.3) is 0 Å². The summed E-state index contributed by atoms with van der Waals surface area (Å²) in [5.41, 5.74) is 2.24. The van der Waals surface area contributed by atoms with E-state index in [1.165, 1.54) is 7.11 Å². The van der Waals surface area contributed by atoms with Gasteiger partial charge in [-0.1, -0.05) is 12.1 Å². The van der Waals surface area contributed by atoms with Crippen molar-refractivity contribution < 1.29 is 9.53 Å². The zero-order valence-electron chi connectivity index (χ0n) is 10.4. The van der Waals surface area contributed by atoms with Gasteiger partial charge in [-0.05, 0) is 41.1 Å². The maximum absolute atomic E-state index is 12.5. The van der Waals surface area contributed by atoms with E-state index in [9.17, 15) is 4.79 Å². The molecule has 0 amide bonds. The molecule has 4 nitrogen and oxygen atoms in total. The highest BCUT2D eigenvalue weighted by Crippen LogP contribution is 2.24. The summed E-state index contributed by atoms with van der Waals surface area (Å²) in [5.74, 6) is 0.430. The number of halogens is 1. The minimum atomic E-state index is -0.0695. The molecule has 94 valence electrons. The highest BCUT2D eigenvalue weighted by Gasteiger charge is 2.21. The summed E-state index contributed by atoms with van der Waals surface area (Å²) in [6.07, 6.45) is 1.55. The number of nitrogens with zero attached hydrogens (tertiary/aromatic N) is 2. The van der Waals surface area contributed by atoms with Gasteiger partial charge in [0.1, 0.15) is 0 Å². The molecular formula is C13H13IN2O2. The monoisotopic (exact) mass is 356 g/mol. The van der Waals surface area contributed by atoms with Crippen LogP contribution >= 0.6 is 22.6 Å². The summed E-state index contributed by atoms with van der Waals surface area (Å²) < 4.78 is 7.67. The van der Waals surface area contributed by atoms with Gasteiger partial charge in [-0.25, -0.2) is 0 Å². The molecule has 2 rings (SSSR count). The first-order chi connectivity index (χ1) is 8.56. The SMILES string of the molecule is COc1cnn(C)c1C(=O)c1cccc(C)c1I. The number of aromatic nitrogens is 2. The first-order valence-corrected chi connectivity index (χ1v) is 6.50. The number of aryl methyl sites for hydroxylation is 2. The third-order valence-corrected chi connectivity index (χ3v) is 4.21. The highest BCUT2D eigenvalue weighted by molar-refractivity contribution is 14.1. The lowest BCUT2D eigenvalue weighted by molar-refractivity contribution is 0.102. The van der Waals surface area contributed by atoms with E-state index in [1.54, 1.807) is 17.9 Å². The Balaban J connectivity index is 2.55. The minimum Gasteiger partial charge on any atom is -0.493 e. The van der Waals surface area contributed by atoms with Crippen molar-refractivity contribution in [2.75, 3.05) is 7.11 Å². The average Bonchev–Trinajstić information content (AvgIpc) is 2.73. The molecule has 18 heavy (non-hydrogen) atoms. The highest BCUT2D eigenvalue weighted by atomic mass is 127. The molecule has 0 spiro atoms. The van der Waals surface area contributed by atoms with Crippen LogP contribution in [0, 0.1) is 10.5 Å². The quantitative estimate of drug-likeness (QED) is 0.627. The first-order valence-electron chi connectivity index (χ1n) is 5.42. The molecule has 0 fully saturated rings. The van der Waals surface area contributed by atoms with Crippen LogP contribution < -0.4 is 4.74 Å². The predicted molar refractivity (Wildman–Crippen MR) is 77.1 cm³/mol. The normalized spacial score (nSPS) is 10.4. The molecule has 5 heteroatoms. The van der Waals surface area contributed by atoms with Crippen LogP contribution in [0.5, 0.6) is 5.75 Å². The standard InChI is InChI=1S/C13H13IN2O2/c1-8-5-4-6-9(11(8)14)13(17)12-10(18-3)7-15-16(12)2/h4-7H,1-3H3. The fraction of sp³-hybridized carbons (Fsp3) is 0.231. The first kappa shape index (κ1) is 13.1. The molecule has 0 bridgehead atoms. The van der Waals surface area contributed by atoms with E-state index in [0.717, 1.165) is 9.13 Å². The number of ketones is 1. The van der Waals surface area contributed by atoms with E-state index in [-0.39, 0.29) is 5.78 Å². The summed E-state index contributed by atoms with van der Waals surface area (Å²) in [7, 11) is 3.27. The molecule has 0 N–H and O–H groups in total. The topological polar surface area (TPSA) is 44.1 Å². The number of ether oxygens (including phenoxy) is 1. The fourth-order valence-corrected chi connectivity index (χ4v) is 2.38. The number of hydrogen-bond donors (Lipinski definition) is 0. The van der Waals surface area contributed by atoms with Crippen LogP contribution in [0.15, 0.2) is 24.4 Å². The van der Waals surface area contributed by atoms with E-state index < -0.39 is 0 Å². The van der Waals surface area contributed by atoms with Crippen molar-refractivity contribution in [3.63, 3.8) is 0 Å². The van der Waals surface area contributed by atoms with Crippen LogP contribution in [-0.4, -0.2) is 22.7 Å². The number of benzene rings is 1. The van der Waals surface area contributed by atoms with Crippen LogP contribution in [0.25, 0.3) is 0 Å². The summed E-state index contributed by atoms with van der Waals surface area (Å²) in [6, 6.07) is 5.69. The molecule has 0 aliphatic rings. The van der Waals surface area contributed by atoms with Gasteiger partial charge in [0, 0.05) is 16.2 Å². The van der Waals surface area contributed by atoms with Crippen molar-refractivity contribution in [3.05, 3.63) is 44.8 Å². The lowest BCUT2D eigenvalue weighted by atomic mass is 10.1. The molecule has 1 heterocycles. The van der Waals surface area contributed by atoms with Crippen molar-refractivity contribution in [1.82, 2.24) is 9.78 Å². The van der Waals surface area contributed by atoms with Crippen molar-refractivity contribution in [1.29, 1.82) is 0 Å². The molecular weight excluding hydrogens is 343 g/mol. The van der Waals surface area contributed by atoms with Crippen LogP contribution in [0.4, 0.5) is 0 Å². The minimum absolute atomic E-state index is 0.0695. The molecule has 1 aromatic heterocycles. The Kier molecular flexibility index (Phi) is 3.70. The number of carbonyl (C=O) groups is 1. The van der Waals surface area contributed by atoms with Gasteiger partial charge in [-0.2, -0.15) is 5.10 Å². The zero-order chi connectivity index (χ0) is 13.3. The molecule has 0 saturated heterocycles. The van der Waals surface area contributed by atoms with Crippen LogP contribution in [0.2, 0.25) is 0 Å². The Labute approximate surface area is 119 Å². The third kappa shape index (κ3) is 2.14. The zero-order valence-corrected chi connectivity index (χ0v) is 12.6. The molecule has 0 saturated carbocycles. The molecule has 0 atom stereocenters. The van der Waals surface area contributed by atoms with Gasteiger partial charge in [0.2, 0.25) is 5.78 Å². The van der Waals surface area contributed by atoms with Gasteiger partial charge >= 0.3 is 0 Å². The molecule has 0 aliphatic heterocycles. The number of methoxy groups -OCH3 is 1. The number of rotatable bonds is 3. The Morgan fingerprint density at radius 2 is 2.17 bits per heavy atom. The van der Waals surface area contributed by atoms with Crippen LogP contribution in [-0.2, 0) is 7.05 Å². The second kappa shape index (κ2) is 5.09. The molecule has 0 unspecified atom stereocenters. The fourth-order valence-electron chi connectivity index (χ4n) is 1.78. The summed E-state index contributed by atoms with van der Waals surface area (Å²) in [6.45, 7) is 1.99. The van der Waals surface area contributed by atoms with Crippen molar-refractivity contribution in [2.45, 2.75) is 6.92 Å². The average molecular weight is 356 g/mol. The van der Waals surface area contributed by atoms with E-state index in [4.69, 9.17) is 4.74 Å². The van der Waals surface area contributed by atoms with Crippen LogP contribution in [0.1, 0.15) is 21.6 Å². The van der Waals surface area contributed by atoms with Crippen molar-refractivity contribution in [2.24, 2.45) is 7.05 Å². The largest absolute Gasteiger partial charge is 0.493 e. The predicted octanol–water partition coefficient (Wildman–Crippen LogP) is 2.57. The Morgan fingerprint density at radius 1 is 1.44 bits per heavy atom. The lowest BCUT2D eigenvalue weighted by Crippen LogP contribution is -2.11. The Hall–Kier alpha value is -1.37. The van der Waals surface area contributed by atoms with Gasteiger partial charge in [0.05, 0.1) is 13.3 Å². The summed E-state index contributed by atoms with van der Waals surface area (Å²) in [5, 5.41) is 4.05. The maximum atomic E-state index is 12.5. The van der Waals surface area contributed by atoms with Gasteiger partial charge in [-0.3, -0.25) is 9.48 Å². The Bertz CT molecular complexity index is 605. The van der Waals surface area contributed by atoms with E-state index in [1.807, 2.05) is 25.1 Å². The number of hydrogen-bond acceptors (Lipinski definition) is 3. The second-order valence-corrected chi connectivity index (χ2v) is 5.03. The van der Waals surface area contributed by atoms with Gasteiger partial charge in [0.15, 0.2) is 11.4 Å². The third-order valence-electron chi connectivity index (χ3n) is 2.78.